The summed E-state index contributed by atoms with van der Waals surface area (Å²) in [5, 5.41) is 6.53. The maximum atomic E-state index is 12.1. The fraction of sp³-hybridized carbons (Fsp3) is 0.278. The molecular weight excluding hydrogens is 347 g/mol. The van der Waals surface area contributed by atoms with Gasteiger partial charge in [0.25, 0.3) is 0 Å². The third-order valence-corrected chi connectivity index (χ3v) is 4.12. The van der Waals surface area contributed by atoms with Crippen LogP contribution < -0.4 is 15.4 Å². The predicted octanol–water partition coefficient (Wildman–Crippen LogP) is 5.10. The van der Waals surface area contributed by atoms with E-state index in [0.717, 1.165) is 11.3 Å². The third kappa shape index (κ3) is 5.05. The Balaban J connectivity index is 1.96. The lowest BCUT2D eigenvalue weighted by atomic mass is 9.84. The molecule has 0 radical (unpaired) electrons. The van der Waals surface area contributed by atoms with Crippen LogP contribution in [-0.4, -0.2) is 19.7 Å². The molecule has 0 aromatic heterocycles. The summed E-state index contributed by atoms with van der Waals surface area (Å²) in [4.78, 5) is 12.1. The summed E-state index contributed by atoms with van der Waals surface area (Å²) >= 11 is 11.8. The van der Waals surface area contributed by atoms with Crippen LogP contribution in [0.5, 0.6) is 5.75 Å². The number of hydrogen-bond donors (Lipinski definition) is 2. The minimum Gasteiger partial charge on any atom is -0.497 e. The summed E-state index contributed by atoms with van der Waals surface area (Å²) in [6, 6.07) is 12.4. The van der Waals surface area contributed by atoms with Crippen molar-refractivity contribution in [1.82, 2.24) is 5.32 Å². The van der Waals surface area contributed by atoms with Crippen LogP contribution >= 0.6 is 23.2 Å². The highest BCUT2D eigenvalue weighted by Gasteiger charge is 2.21. The van der Waals surface area contributed by atoms with Crippen LogP contribution in [0, 0.1) is 0 Å². The van der Waals surface area contributed by atoms with Crippen molar-refractivity contribution in [3.63, 3.8) is 0 Å². The normalized spacial score (nSPS) is 11.0. The Labute approximate surface area is 152 Å². The Morgan fingerprint density at radius 2 is 1.67 bits per heavy atom. The molecule has 128 valence electrons. The summed E-state index contributed by atoms with van der Waals surface area (Å²) in [6.07, 6.45) is 0. The second kappa shape index (κ2) is 7.77. The summed E-state index contributed by atoms with van der Waals surface area (Å²) in [5.74, 6) is 0.804. The molecule has 2 amide bonds. The van der Waals surface area contributed by atoms with Crippen LogP contribution in [0.15, 0.2) is 42.5 Å². The van der Waals surface area contributed by atoms with Gasteiger partial charge in [0.05, 0.1) is 7.11 Å². The molecule has 0 saturated carbocycles. The quantitative estimate of drug-likeness (QED) is 0.772. The lowest BCUT2D eigenvalue weighted by molar-refractivity contribution is 0.249. The highest BCUT2D eigenvalue weighted by atomic mass is 35.5. The largest absolute Gasteiger partial charge is 0.497 e. The van der Waals surface area contributed by atoms with E-state index in [1.54, 1.807) is 25.3 Å². The fourth-order valence-corrected chi connectivity index (χ4v) is 2.77. The minimum absolute atomic E-state index is 0.227. The summed E-state index contributed by atoms with van der Waals surface area (Å²) in [5.41, 5.74) is 1.43. The third-order valence-electron chi connectivity index (χ3n) is 3.68. The molecule has 2 rings (SSSR count). The number of halogens is 2. The van der Waals surface area contributed by atoms with E-state index in [0.29, 0.717) is 22.3 Å². The molecule has 0 unspecified atom stereocenters. The van der Waals surface area contributed by atoms with E-state index in [9.17, 15) is 4.79 Å². The van der Waals surface area contributed by atoms with Crippen LogP contribution in [0.4, 0.5) is 10.5 Å². The minimum atomic E-state index is -0.310. The van der Waals surface area contributed by atoms with Crippen molar-refractivity contribution in [2.24, 2.45) is 0 Å². The first-order chi connectivity index (χ1) is 11.3. The lowest BCUT2D eigenvalue weighted by Gasteiger charge is -2.26. The monoisotopic (exact) mass is 366 g/mol. The average molecular weight is 367 g/mol. The number of anilines is 1. The maximum absolute atomic E-state index is 12.1. The highest BCUT2D eigenvalue weighted by Crippen LogP contribution is 2.25. The second-order valence-electron chi connectivity index (χ2n) is 6.08. The van der Waals surface area contributed by atoms with Crippen LogP contribution in [0.3, 0.4) is 0 Å². The van der Waals surface area contributed by atoms with Gasteiger partial charge in [-0.05, 0) is 35.9 Å². The summed E-state index contributed by atoms with van der Waals surface area (Å²) < 4.78 is 5.16. The number of nitrogens with one attached hydrogen (secondary N) is 2. The lowest BCUT2D eigenvalue weighted by Crippen LogP contribution is -2.38. The zero-order valence-electron chi connectivity index (χ0n) is 13.8. The number of methoxy groups -OCH3 is 1. The average Bonchev–Trinajstić information content (AvgIpc) is 2.52. The van der Waals surface area contributed by atoms with Crippen molar-refractivity contribution in [3.05, 3.63) is 58.1 Å². The Kier molecular flexibility index (Phi) is 5.97. The molecular formula is C18H20Cl2N2O2. The van der Waals surface area contributed by atoms with Gasteiger partial charge in [-0.1, -0.05) is 49.2 Å². The molecule has 2 aromatic rings. The van der Waals surface area contributed by atoms with Gasteiger partial charge in [0.2, 0.25) is 0 Å². The number of carbonyl (C=O) groups is 1. The first-order valence-electron chi connectivity index (χ1n) is 7.45. The molecule has 0 saturated heterocycles. The van der Waals surface area contributed by atoms with Crippen molar-refractivity contribution < 1.29 is 9.53 Å². The molecule has 4 nitrogen and oxygen atoms in total. The van der Waals surface area contributed by atoms with E-state index >= 15 is 0 Å². The van der Waals surface area contributed by atoms with Crippen molar-refractivity contribution in [2.45, 2.75) is 19.3 Å². The van der Waals surface area contributed by atoms with Crippen LogP contribution in [-0.2, 0) is 5.41 Å². The number of benzene rings is 2. The van der Waals surface area contributed by atoms with E-state index in [1.165, 1.54) is 0 Å². The van der Waals surface area contributed by atoms with Crippen molar-refractivity contribution >= 4 is 34.9 Å². The van der Waals surface area contributed by atoms with Gasteiger partial charge in [-0.2, -0.15) is 0 Å². The molecule has 0 aliphatic carbocycles. The van der Waals surface area contributed by atoms with Crippen LogP contribution in [0.2, 0.25) is 10.0 Å². The highest BCUT2D eigenvalue weighted by molar-refractivity contribution is 6.35. The zero-order chi connectivity index (χ0) is 17.7. The van der Waals surface area contributed by atoms with Crippen molar-refractivity contribution in [3.8, 4) is 5.75 Å². The van der Waals surface area contributed by atoms with Gasteiger partial charge in [-0.3, -0.25) is 0 Å². The van der Waals surface area contributed by atoms with E-state index in [2.05, 4.69) is 24.5 Å². The number of hydrogen-bond acceptors (Lipinski definition) is 2. The number of ether oxygens (including phenoxy) is 1. The van der Waals surface area contributed by atoms with Crippen molar-refractivity contribution in [1.29, 1.82) is 0 Å². The molecule has 0 heterocycles. The zero-order valence-corrected chi connectivity index (χ0v) is 15.3. The topological polar surface area (TPSA) is 50.4 Å². The molecule has 6 heteroatoms. The number of amides is 2. The van der Waals surface area contributed by atoms with Gasteiger partial charge < -0.3 is 15.4 Å². The summed E-state index contributed by atoms with van der Waals surface area (Å²) in [7, 11) is 1.63. The molecule has 0 aliphatic rings. The van der Waals surface area contributed by atoms with E-state index < -0.39 is 0 Å². The number of urea groups is 1. The van der Waals surface area contributed by atoms with Gasteiger partial charge >= 0.3 is 6.03 Å². The molecule has 0 spiro atoms. The molecule has 0 atom stereocenters. The first kappa shape index (κ1) is 18.4. The van der Waals surface area contributed by atoms with Crippen LogP contribution in [0.1, 0.15) is 19.4 Å². The first-order valence-corrected chi connectivity index (χ1v) is 8.21. The SMILES string of the molecule is COc1ccc(C(C)(C)CNC(=O)Nc2cc(Cl)cc(Cl)c2)cc1. The Hall–Kier alpha value is -1.91. The van der Waals surface area contributed by atoms with Gasteiger partial charge in [-0.15, -0.1) is 0 Å². The molecule has 0 fully saturated rings. The molecule has 2 aromatic carbocycles. The van der Waals surface area contributed by atoms with Gasteiger partial charge in [-0.25, -0.2) is 4.79 Å². The Bertz CT molecular complexity index is 695. The maximum Gasteiger partial charge on any atom is 0.319 e. The van der Waals surface area contributed by atoms with Gasteiger partial charge in [0.15, 0.2) is 0 Å². The van der Waals surface area contributed by atoms with Crippen LogP contribution in [0.25, 0.3) is 0 Å². The van der Waals surface area contributed by atoms with E-state index in [1.807, 2.05) is 24.3 Å². The summed E-state index contributed by atoms with van der Waals surface area (Å²) in [6.45, 7) is 4.59. The number of carbonyl (C=O) groups excluding carboxylic acids is 1. The fourth-order valence-electron chi connectivity index (χ4n) is 2.25. The molecule has 24 heavy (non-hydrogen) atoms. The van der Waals surface area contributed by atoms with Gasteiger partial charge in [0.1, 0.15) is 5.75 Å². The Morgan fingerprint density at radius 3 is 2.21 bits per heavy atom. The molecule has 0 aliphatic heterocycles. The van der Waals surface area contributed by atoms with Crippen molar-refractivity contribution in [2.75, 3.05) is 19.0 Å². The van der Waals surface area contributed by atoms with Gasteiger partial charge in [0, 0.05) is 27.7 Å². The molecule has 0 bridgehead atoms. The number of rotatable bonds is 5. The predicted molar refractivity (Wildman–Crippen MR) is 99.5 cm³/mol. The Morgan fingerprint density at radius 1 is 1.08 bits per heavy atom. The second-order valence-corrected chi connectivity index (χ2v) is 6.95. The van der Waals surface area contributed by atoms with E-state index in [-0.39, 0.29) is 11.4 Å². The smallest absolute Gasteiger partial charge is 0.319 e. The molecule has 2 N–H and O–H groups in total. The standard InChI is InChI=1S/C18H20Cl2N2O2/c1-18(2,12-4-6-16(24-3)7-5-12)11-21-17(23)22-15-9-13(19)8-14(20)10-15/h4-10H,11H2,1-3H3,(H2,21,22,23). The van der Waals surface area contributed by atoms with E-state index in [4.69, 9.17) is 27.9 Å².